The molecule has 0 aliphatic heterocycles. The lowest BCUT2D eigenvalue weighted by atomic mass is 9.96. The van der Waals surface area contributed by atoms with Crippen molar-refractivity contribution in [3.05, 3.63) is 46.7 Å². The summed E-state index contributed by atoms with van der Waals surface area (Å²) in [6.07, 6.45) is 10.6. The third kappa shape index (κ3) is 2.93. The van der Waals surface area contributed by atoms with Gasteiger partial charge in [0.05, 0.1) is 6.61 Å². The molecule has 3 rings (SSSR count). The van der Waals surface area contributed by atoms with Crippen LogP contribution in [0, 0.1) is 5.92 Å². The summed E-state index contributed by atoms with van der Waals surface area (Å²) in [5.74, 6) is 1.71. The molecule has 1 aromatic heterocycles. The van der Waals surface area contributed by atoms with E-state index in [2.05, 4.69) is 24.1 Å². The predicted octanol–water partition coefficient (Wildman–Crippen LogP) is 4.94. The van der Waals surface area contributed by atoms with Crippen LogP contribution in [0.3, 0.4) is 0 Å². The molecule has 1 saturated carbocycles. The number of allylic oxidation sites excluding steroid dienone is 2. The second-order valence-corrected chi connectivity index (χ2v) is 6.35. The Morgan fingerprint density at radius 1 is 1.30 bits per heavy atom. The molecule has 1 atom stereocenters. The molecule has 20 heavy (non-hydrogen) atoms. The molecular formula is C17H21NOS. The van der Waals surface area contributed by atoms with Gasteiger partial charge in [0.2, 0.25) is 0 Å². The first-order valence-electron chi connectivity index (χ1n) is 7.55. The molecule has 1 aromatic rings. The summed E-state index contributed by atoms with van der Waals surface area (Å²) in [6, 6.07) is 6.09. The average Bonchev–Trinajstić information content (AvgIpc) is 2.67. The van der Waals surface area contributed by atoms with Crippen LogP contribution >= 0.6 is 11.8 Å². The number of fused-ring (bicyclic) bond motifs is 1. The molecule has 0 unspecified atom stereocenters. The Kier molecular flexibility index (Phi) is 4.46. The minimum Gasteiger partial charge on any atom is -0.498 e. The molecule has 0 radical (unpaired) electrons. The molecule has 3 heteroatoms. The summed E-state index contributed by atoms with van der Waals surface area (Å²) in [6.45, 7) is 2.83. The molecule has 0 spiro atoms. The first-order valence-corrected chi connectivity index (χ1v) is 8.36. The van der Waals surface area contributed by atoms with E-state index in [0.29, 0.717) is 5.92 Å². The van der Waals surface area contributed by atoms with E-state index in [9.17, 15) is 0 Å². The van der Waals surface area contributed by atoms with Gasteiger partial charge in [-0.25, -0.2) is 4.98 Å². The summed E-state index contributed by atoms with van der Waals surface area (Å²) >= 11 is 1.79. The van der Waals surface area contributed by atoms with Crippen LogP contribution in [0.2, 0.25) is 0 Å². The van der Waals surface area contributed by atoms with Gasteiger partial charge in [0.1, 0.15) is 10.8 Å². The van der Waals surface area contributed by atoms with Gasteiger partial charge in [-0.05, 0) is 50.0 Å². The molecular weight excluding hydrogens is 266 g/mol. The molecule has 0 bridgehead atoms. The Morgan fingerprint density at radius 2 is 2.25 bits per heavy atom. The van der Waals surface area contributed by atoms with Crippen LogP contribution in [0.25, 0.3) is 0 Å². The first-order chi connectivity index (χ1) is 9.88. The normalized spacial score (nSPS) is 22.2. The molecule has 0 aromatic carbocycles. The summed E-state index contributed by atoms with van der Waals surface area (Å²) in [7, 11) is 0. The standard InChI is InChI=1S/C17H21NOS/c1-2-19-15-12-16(20-17-10-6-7-11-18-17)14-9-5-3-4-8-13(14)15/h6-7,10-13H,2-5,8-9H2,1H3/t13-/m1/s1. The summed E-state index contributed by atoms with van der Waals surface area (Å²) < 4.78 is 5.88. The number of hydrogen-bond acceptors (Lipinski definition) is 3. The summed E-state index contributed by atoms with van der Waals surface area (Å²) in [5, 5.41) is 1.08. The second kappa shape index (κ2) is 6.49. The fourth-order valence-corrected chi connectivity index (χ4v) is 4.08. The van der Waals surface area contributed by atoms with Gasteiger partial charge in [0.15, 0.2) is 0 Å². The number of thioether (sulfide) groups is 1. The summed E-state index contributed by atoms with van der Waals surface area (Å²) in [4.78, 5) is 5.81. The maximum atomic E-state index is 5.88. The highest BCUT2D eigenvalue weighted by atomic mass is 32.2. The molecule has 0 amide bonds. The molecule has 0 saturated heterocycles. The Bertz CT molecular complexity index is 521. The zero-order valence-electron chi connectivity index (χ0n) is 12.0. The fourth-order valence-electron chi connectivity index (χ4n) is 3.04. The van der Waals surface area contributed by atoms with Crippen LogP contribution in [0.4, 0.5) is 0 Å². The smallest absolute Gasteiger partial charge is 0.104 e. The van der Waals surface area contributed by atoms with Crippen molar-refractivity contribution in [2.45, 2.75) is 44.1 Å². The van der Waals surface area contributed by atoms with Gasteiger partial charge >= 0.3 is 0 Å². The van der Waals surface area contributed by atoms with Crippen LogP contribution in [0.15, 0.2) is 51.7 Å². The zero-order chi connectivity index (χ0) is 13.8. The minimum absolute atomic E-state index is 0.531. The molecule has 1 fully saturated rings. The number of rotatable bonds is 4. The topological polar surface area (TPSA) is 22.1 Å². The number of pyridine rings is 1. The Hall–Kier alpha value is -1.22. The van der Waals surface area contributed by atoms with Crippen LogP contribution in [-0.2, 0) is 4.74 Å². The maximum absolute atomic E-state index is 5.88. The van der Waals surface area contributed by atoms with Crippen molar-refractivity contribution in [3.63, 3.8) is 0 Å². The largest absolute Gasteiger partial charge is 0.498 e. The van der Waals surface area contributed by atoms with Crippen molar-refractivity contribution in [1.82, 2.24) is 4.98 Å². The van der Waals surface area contributed by atoms with E-state index in [4.69, 9.17) is 4.74 Å². The van der Waals surface area contributed by atoms with E-state index >= 15 is 0 Å². The van der Waals surface area contributed by atoms with E-state index in [-0.39, 0.29) is 0 Å². The highest BCUT2D eigenvalue weighted by Gasteiger charge is 2.30. The highest BCUT2D eigenvalue weighted by molar-refractivity contribution is 8.03. The van der Waals surface area contributed by atoms with Crippen LogP contribution in [-0.4, -0.2) is 11.6 Å². The Balaban J connectivity index is 1.86. The first kappa shape index (κ1) is 13.7. The molecule has 106 valence electrons. The van der Waals surface area contributed by atoms with E-state index < -0.39 is 0 Å². The number of aromatic nitrogens is 1. The molecule has 1 heterocycles. The Morgan fingerprint density at radius 3 is 3.05 bits per heavy atom. The van der Waals surface area contributed by atoms with Crippen LogP contribution < -0.4 is 0 Å². The lowest BCUT2D eigenvalue weighted by Gasteiger charge is -2.16. The second-order valence-electron chi connectivity index (χ2n) is 5.29. The van der Waals surface area contributed by atoms with Crippen molar-refractivity contribution < 1.29 is 4.74 Å². The maximum Gasteiger partial charge on any atom is 0.104 e. The summed E-state index contributed by atoms with van der Waals surface area (Å²) in [5.41, 5.74) is 1.58. The van der Waals surface area contributed by atoms with Gasteiger partial charge in [0, 0.05) is 17.0 Å². The predicted molar refractivity (Wildman–Crippen MR) is 83.4 cm³/mol. The van der Waals surface area contributed by atoms with Gasteiger partial charge in [-0.2, -0.15) is 0 Å². The molecule has 2 nitrogen and oxygen atoms in total. The van der Waals surface area contributed by atoms with Crippen molar-refractivity contribution >= 4 is 11.8 Å². The average molecular weight is 287 g/mol. The van der Waals surface area contributed by atoms with Gasteiger partial charge in [-0.15, -0.1) is 0 Å². The Labute approximate surface area is 125 Å². The van der Waals surface area contributed by atoms with Crippen molar-refractivity contribution in [3.8, 4) is 0 Å². The van der Waals surface area contributed by atoms with Crippen molar-refractivity contribution in [2.75, 3.05) is 6.61 Å². The monoisotopic (exact) mass is 287 g/mol. The number of ether oxygens (including phenoxy) is 1. The molecule has 0 N–H and O–H groups in total. The van der Waals surface area contributed by atoms with Gasteiger partial charge in [-0.1, -0.05) is 30.7 Å². The van der Waals surface area contributed by atoms with Gasteiger partial charge in [0.25, 0.3) is 0 Å². The van der Waals surface area contributed by atoms with Gasteiger partial charge in [-0.3, -0.25) is 0 Å². The minimum atomic E-state index is 0.531. The third-order valence-electron chi connectivity index (χ3n) is 3.96. The number of nitrogens with zero attached hydrogens (tertiary/aromatic N) is 1. The SMILES string of the molecule is CCOC1=CC(Sc2ccccn2)=C2CCCCC[C@@H]12. The molecule has 2 aliphatic carbocycles. The third-order valence-corrected chi connectivity index (χ3v) is 5.01. The lowest BCUT2D eigenvalue weighted by molar-refractivity contribution is 0.199. The van der Waals surface area contributed by atoms with E-state index in [1.54, 1.807) is 17.3 Å². The molecule has 2 aliphatic rings. The van der Waals surface area contributed by atoms with Crippen LogP contribution in [0.1, 0.15) is 39.0 Å². The van der Waals surface area contributed by atoms with Gasteiger partial charge < -0.3 is 4.74 Å². The quantitative estimate of drug-likeness (QED) is 0.783. The van der Waals surface area contributed by atoms with E-state index in [0.717, 1.165) is 11.6 Å². The van der Waals surface area contributed by atoms with Crippen molar-refractivity contribution in [2.24, 2.45) is 5.92 Å². The van der Waals surface area contributed by atoms with Crippen molar-refractivity contribution in [1.29, 1.82) is 0 Å². The van der Waals surface area contributed by atoms with E-state index in [1.807, 2.05) is 18.3 Å². The van der Waals surface area contributed by atoms with Crippen LogP contribution in [0.5, 0.6) is 0 Å². The number of hydrogen-bond donors (Lipinski definition) is 0. The van der Waals surface area contributed by atoms with E-state index in [1.165, 1.54) is 42.8 Å². The highest BCUT2D eigenvalue weighted by Crippen LogP contribution is 2.46. The zero-order valence-corrected chi connectivity index (χ0v) is 12.8. The fraction of sp³-hybridized carbons (Fsp3) is 0.471. The lowest BCUT2D eigenvalue weighted by Crippen LogP contribution is -2.05.